The van der Waals surface area contributed by atoms with Crippen LogP contribution in [0.2, 0.25) is 0 Å². The molecule has 252 valence electrons. The maximum Gasteiger partial charge on any atom is 0.573 e. The fourth-order valence-corrected chi connectivity index (χ4v) is 6.11. The molecule has 1 atom stereocenters. The van der Waals surface area contributed by atoms with Crippen LogP contribution >= 0.6 is 0 Å². The average molecular weight is 678 g/mol. The summed E-state index contributed by atoms with van der Waals surface area (Å²) in [5, 5.41) is 12.2. The summed E-state index contributed by atoms with van der Waals surface area (Å²) in [7, 11) is -3.60. The molecule has 46 heavy (non-hydrogen) atoms. The highest BCUT2D eigenvalue weighted by Crippen LogP contribution is 2.43. The minimum Gasteiger partial charge on any atom is -0.491 e. The number of ether oxygens (including phenoxy) is 3. The Hall–Kier alpha value is -3.53. The molecule has 1 aliphatic rings. The number of likely N-dealkylation sites (tertiary alicyclic amines) is 1. The summed E-state index contributed by atoms with van der Waals surface area (Å²) in [5.41, 5.74) is -0.244. The first-order valence-corrected chi connectivity index (χ1v) is 16.0. The van der Waals surface area contributed by atoms with Gasteiger partial charge in [0, 0.05) is 6.54 Å². The lowest BCUT2D eigenvalue weighted by atomic mass is 9.72. The van der Waals surface area contributed by atoms with Gasteiger partial charge in [0.25, 0.3) is 10.1 Å². The molecule has 0 aliphatic carbocycles. The molecule has 0 bridgehead atoms. The van der Waals surface area contributed by atoms with Crippen molar-refractivity contribution in [1.29, 1.82) is 0 Å². The van der Waals surface area contributed by atoms with Crippen LogP contribution in [0.5, 0.6) is 17.2 Å². The number of aliphatic hydroxyl groups is 1. The van der Waals surface area contributed by atoms with E-state index in [-0.39, 0.29) is 17.7 Å². The van der Waals surface area contributed by atoms with Crippen LogP contribution in [0.3, 0.4) is 0 Å². The van der Waals surface area contributed by atoms with Crippen LogP contribution in [0.25, 0.3) is 0 Å². The lowest BCUT2D eigenvalue weighted by Crippen LogP contribution is -2.44. The molecule has 1 saturated heterocycles. The second kappa shape index (κ2) is 14.1. The second-order valence-corrected chi connectivity index (χ2v) is 12.6. The molecule has 8 nitrogen and oxygen atoms in total. The number of halogens is 6. The van der Waals surface area contributed by atoms with Crippen LogP contribution in [0.1, 0.15) is 36.5 Å². The van der Waals surface area contributed by atoms with E-state index in [4.69, 9.17) is 8.92 Å². The first-order valence-electron chi connectivity index (χ1n) is 14.2. The zero-order valence-electron chi connectivity index (χ0n) is 24.8. The normalized spacial score (nSPS) is 16.2. The molecular formula is C31H33F6NO7S. The number of hydrogen-bond donors (Lipinski definition) is 1. The van der Waals surface area contributed by atoms with E-state index >= 15 is 0 Å². The standard InChI is InChI=1S/C31H33F6NO7S/c1-21(45-46(2,40)41)20-42-26-9-3-22(4-10-26)19-38-17-15-25(16-18-38)29(39,23-5-11-27(12-6-23)43-30(32,33)34)24-7-13-28(14-8-24)44-31(35,36)37/h3-14,21,25,39H,15-20H2,1-2H3. The molecule has 1 heterocycles. The number of hydrogen-bond acceptors (Lipinski definition) is 8. The van der Waals surface area contributed by atoms with Gasteiger partial charge in [-0.2, -0.15) is 8.42 Å². The third-order valence-electron chi connectivity index (χ3n) is 7.39. The minimum atomic E-state index is -4.90. The summed E-state index contributed by atoms with van der Waals surface area (Å²) in [5.74, 6) is -0.847. The molecule has 0 radical (unpaired) electrons. The van der Waals surface area contributed by atoms with Gasteiger partial charge in [-0.05, 0) is 91.9 Å². The van der Waals surface area contributed by atoms with Gasteiger partial charge in [-0.1, -0.05) is 36.4 Å². The number of benzene rings is 3. The fourth-order valence-electron chi connectivity index (χ4n) is 5.46. The van der Waals surface area contributed by atoms with Gasteiger partial charge in [-0.25, -0.2) is 0 Å². The van der Waals surface area contributed by atoms with Gasteiger partial charge in [-0.15, -0.1) is 26.3 Å². The Balaban J connectivity index is 1.45. The fraction of sp³-hybridized carbons (Fsp3) is 0.419. The molecule has 15 heteroatoms. The van der Waals surface area contributed by atoms with Gasteiger partial charge in [0.15, 0.2) is 0 Å². The van der Waals surface area contributed by atoms with Crippen molar-refractivity contribution in [2.45, 2.75) is 50.7 Å². The van der Waals surface area contributed by atoms with Crippen molar-refractivity contribution < 1.29 is 58.3 Å². The van der Waals surface area contributed by atoms with E-state index in [1.807, 2.05) is 12.1 Å². The maximum atomic E-state index is 12.7. The maximum absolute atomic E-state index is 12.7. The van der Waals surface area contributed by atoms with Gasteiger partial charge < -0.3 is 19.3 Å². The predicted octanol–water partition coefficient (Wildman–Crippen LogP) is 6.38. The van der Waals surface area contributed by atoms with Gasteiger partial charge >= 0.3 is 12.7 Å². The van der Waals surface area contributed by atoms with Crippen molar-refractivity contribution in [2.24, 2.45) is 5.92 Å². The highest BCUT2D eigenvalue weighted by atomic mass is 32.2. The predicted molar refractivity (Wildman–Crippen MR) is 155 cm³/mol. The highest BCUT2D eigenvalue weighted by Gasteiger charge is 2.42. The Kier molecular flexibility index (Phi) is 10.8. The van der Waals surface area contributed by atoms with Gasteiger partial charge in [-0.3, -0.25) is 9.08 Å². The number of alkyl halides is 6. The first kappa shape index (κ1) is 35.3. The highest BCUT2D eigenvalue weighted by molar-refractivity contribution is 7.86. The van der Waals surface area contributed by atoms with Crippen LogP contribution in [0.4, 0.5) is 26.3 Å². The zero-order valence-corrected chi connectivity index (χ0v) is 25.7. The molecule has 0 aromatic heterocycles. The summed E-state index contributed by atoms with van der Waals surface area (Å²) < 4.78 is 117. The molecule has 3 aromatic rings. The van der Waals surface area contributed by atoms with Crippen molar-refractivity contribution in [2.75, 3.05) is 26.0 Å². The largest absolute Gasteiger partial charge is 0.573 e. The Labute approximate surface area is 262 Å². The lowest BCUT2D eigenvalue weighted by Gasteiger charge is -2.42. The number of rotatable bonds is 12. The van der Waals surface area contributed by atoms with E-state index in [0.29, 0.717) is 38.2 Å². The number of nitrogens with zero attached hydrogens (tertiary/aromatic N) is 1. The first-order chi connectivity index (χ1) is 21.4. The Morgan fingerprint density at radius 3 is 1.63 bits per heavy atom. The Bertz CT molecular complexity index is 1460. The van der Waals surface area contributed by atoms with E-state index in [0.717, 1.165) is 36.1 Å². The van der Waals surface area contributed by atoms with E-state index in [1.54, 1.807) is 19.1 Å². The van der Waals surface area contributed by atoms with Gasteiger partial charge in [0.2, 0.25) is 0 Å². The molecule has 1 aliphatic heterocycles. The molecule has 1 N–H and O–H groups in total. The third kappa shape index (κ3) is 10.2. The smallest absolute Gasteiger partial charge is 0.491 e. The molecule has 0 spiro atoms. The van der Waals surface area contributed by atoms with Crippen molar-refractivity contribution in [3.63, 3.8) is 0 Å². The molecule has 0 saturated carbocycles. The van der Waals surface area contributed by atoms with Crippen LogP contribution in [0, 0.1) is 5.92 Å². The van der Waals surface area contributed by atoms with Crippen molar-refractivity contribution >= 4 is 10.1 Å². The molecular weight excluding hydrogens is 644 g/mol. The van der Waals surface area contributed by atoms with E-state index in [1.165, 1.54) is 24.3 Å². The quantitative estimate of drug-likeness (QED) is 0.175. The SMILES string of the molecule is CC(COc1ccc(CN2CCC(C(O)(c3ccc(OC(F)(F)F)cc3)c3ccc(OC(F)(F)F)cc3)CC2)cc1)OS(C)(=O)=O. The van der Waals surface area contributed by atoms with Crippen molar-refractivity contribution in [1.82, 2.24) is 4.90 Å². The lowest BCUT2D eigenvalue weighted by molar-refractivity contribution is -0.275. The Morgan fingerprint density at radius 1 is 0.783 bits per heavy atom. The number of piperidine rings is 1. The molecule has 1 fully saturated rings. The molecule has 1 unspecified atom stereocenters. The van der Waals surface area contributed by atoms with Crippen molar-refractivity contribution in [3.05, 3.63) is 89.5 Å². The topological polar surface area (TPSA) is 94.5 Å². The zero-order chi connectivity index (χ0) is 33.8. The van der Waals surface area contributed by atoms with Crippen LogP contribution in [-0.2, 0) is 26.4 Å². The van der Waals surface area contributed by atoms with Crippen LogP contribution in [0.15, 0.2) is 72.8 Å². The third-order valence-corrected chi connectivity index (χ3v) is 8.07. The Morgan fingerprint density at radius 2 is 1.22 bits per heavy atom. The van der Waals surface area contributed by atoms with Gasteiger partial charge in [0.05, 0.1) is 6.26 Å². The van der Waals surface area contributed by atoms with Gasteiger partial charge in [0.1, 0.15) is 35.6 Å². The average Bonchev–Trinajstić information content (AvgIpc) is 2.95. The summed E-state index contributed by atoms with van der Waals surface area (Å²) in [6.07, 6.45) is -8.56. The van der Waals surface area contributed by atoms with Crippen LogP contribution < -0.4 is 14.2 Å². The molecule has 3 aromatic carbocycles. The minimum absolute atomic E-state index is 0.0407. The van der Waals surface area contributed by atoms with Crippen molar-refractivity contribution in [3.8, 4) is 17.2 Å². The van der Waals surface area contributed by atoms with Crippen LogP contribution in [-0.4, -0.2) is 63.2 Å². The molecule has 4 rings (SSSR count). The second-order valence-electron chi connectivity index (χ2n) is 11.0. The monoisotopic (exact) mass is 677 g/mol. The summed E-state index contributed by atoms with van der Waals surface area (Å²) in [4.78, 5) is 2.16. The van der Waals surface area contributed by atoms with E-state index < -0.39 is 52.0 Å². The summed E-state index contributed by atoms with van der Waals surface area (Å²) in [6.45, 7) is 3.30. The summed E-state index contributed by atoms with van der Waals surface area (Å²) >= 11 is 0. The van der Waals surface area contributed by atoms with E-state index in [9.17, 15) is 39.9 Å². The molecule has 0 amide bonds. The van der Waals surface area contributed by atoms with E-state index in [2.05, 4.69) is 14.4 Å². The summed E-state index contributed by atoms with van der Waals surface area (Å²) in [6, 6.07) is 16.8.